The Bertz CT molecular complexity index is 280. The van der Waals surface area contributed by atoms with Crippen molar-refractivity contribution in [1.82, 2.24) is 9.80 Å². The molecular weight excluding hydrogens is 238 g/mol. The first-order valence-corrected chi connectivity index (χ1v) is 7.66. The Labute approximate surface area is 118 Å². The zero-order valence-electron chi connectivity index (χ0n) is 13.1. The summed E-state index contributed by atoms with van der Waals surface area (Å²) in [6.45, 7) is 15.5. The zero-order valence-corrected chi connectivity index (χ0v) is 13.1. The van der Waals surface area contributed by atoms with Gasteiger partial charge in [0.1, 0.15) is 0 Å². The molecule has 2 heterocycles. The topological polar surface area (TPSA) is 41.7 Å². The Kier molecular flexibility index (Phi) is 4.56. The lowest BCUT2D eigenvalue weighted by molar-refractivity contribution is -0.180. The van der Waals surface area contributed by atoms with Gasteiger partial charge in [0.05, 0.1) is 11.2 Å². The number of rotatable bonds is 3. The van der Waals surface area contributed by atoms with Crippen LogP contribution < -0.4 is 5.73 Å². The van der Waals surface area contributed by atoms with E-state index in [4.69, 9.17) is 10.5 Å². The lowest BCUT2D eigenvalue weighted by atomic mass is 9.99. The highest BCUT2D eigenvalue weighted by Gasteiger charge is 2.37. The molecule has 0 aromatic heterocycles. The number of hydrogen-bond acceptors (Lipinski definition) is 4. The second kappa shape index (κ2) is 5.68. The summed E-state index contributed by atoms with van der Waals surface area (Å²) in [5.74, 6) is 0. The molecule has 0 atom stereocenters. The second-order valence-electron chi connectivity index (χ2n) is 7.51. The van der Waals surface area contributed by atoms with Crippen LogP contribution in [-0.4, -0.2) is 66.3 Å². The van der Waals surface area contributed by atoms with Crippen molar-refractivity contribution in [2.45, 2.75) is 57.8 Å². The van der Waals surface area contributed by atoms with Gasteiger partial charge in [-0.15, -0.1) is 0 Å². The van der Waals surface area contributed by atoms with Gasteiger partial charge in [-0.2, -0.15) is 0 Å². The molecule has 2 fully saturated rings. The van der Waals surface area contributed by atoms with Crippen LogP contribution >= 0.6 is 0 Å². The Hall–Kier alpha value is -0.160. The minimum Gasteiger partial charge on any atom is -0.367 e. The quantitative estimate of drug-likeness (QED) is 0.838. The lowest BCUT2D eigenvalue weighted by Gasteiger charge is -2.47. The first-order valence-electron chi connectivity index (χ1n) is 7.66. The molecule has 2 aliphatic heterocycles. The fourth-order valence-electron chi connectivity index (χ4n) is 3.56. The van der Waals surface area contributed by atoms with Crippen molar-refractivity contribution in [1.29, 1.82) is 0 Å². The van der Waals surface area contributed by atoms with Gasteiger partial charge in [-0.25, -0.2) is 0 Å². The maximum Gasteiger partial charge on any atom is 0.0760 e. The van der Waals surface area contributed by atoms with E-state index in [0.717, 1.165) is 45.6 Å². The molecule has 0 aliphatic carbocycles. The van der Waals surface area contributed by atoms with Crippen molar-refractivity contribution in [3.63, 3.8) is 0 Å². The molecule has 0 radical (unpaired) electrons. The summed E-state index contributed by atoms with van der Waals surface area (Å²) in [6, 6.07) is 0.428. The summed E-state index contributed by atoms with van der Waals surface area (Å²) >= 11 is 0. The van der Waals surface area contributed by atoms with Gasteiger partial charge in [-0.05, 0) is 53.6 Å². The fourth-order valence-corrected chi connectivity index (χ4v) is 3.56. The van der Waals surface area contributed by atoms with Crippen molar-refractivity contribution in [2.24, 2.45) is 5.73 Å². The summed E-state index contributed by atoms with van der Waals surface area (Å²) in [7, 11) is 0. The molecule has 0 aromatic rings. The molecule has 0 unspecified atom stereocenters. The van der Waals surface area contributed by atoms with Crippen molar-refractivity contribution in [2.75, 3.05) is 39.3 Å². The highest BCUT2D eigenvalue weighted by Crippen LogP contribution is 2.27. The largest absolute Gasteiger partial charge is 0.367 e. The smallest absolute Gasteiger partial charge is 0.0760 e. The van der Waals surface area contributed by atoms with Gasteiger partial charge >= 0.3 is 0 Å². The highest BCUT2D eigenvalue weighted by atomic mass is 16.5. The molecule has 0 amide bonds. The molecule has 19 heavy (non-hydrogen) atoms. The van der Waals surface area contributed by atoms with E-state index in [1.165, 1.54) is 6.54 Å². The molecule has 0 bridgehead atoms. The van der Waals surface area contributed by atoms with E-state index in [1.807, 2.05) is 0 Å². The molecule has 2 aliphatic rings. The maximum atomic E-state index is 6.13. The van der Waals surface area contributed by atoms with Gasteiger partial charge in [0, 0.05) is 32.2 Å². The molecule has 4 nitrogen and oxygen atoms in total. The Morgan fingerprint density at radius 2 is 1.42 bits per heavy atom. The SMILES string of the molecule is CC1(C)CN(CCN2CCC(N)CC2)CC(C)(C)O1. The molecule has 4 heteroatoms. The summed E-state index contributed by atoms with van der Waals surface area (Å²) in [4.78, 5) is 5.11. The van der Waals surface area contributed by atoms with Gasteiger partial charge < -0.3 is 15.4 Å². The summed E-state index contributed by atoms with van der Waals surface area (Å²) in [6.07, 6.45) is 2.31. The van der Waals surface area contributed by atoms with Crippen molar-refractivity contribution in [3.8, 4) is 0 Å². The second-order valence-corrected chi connectivity index (χ2v) is 7.51. The molecule has 112 valence electrons. The third kappa shape index (κ3) is 4.71. The number of ether oxygens (including phenoxy) is 1. The Morgan fingerprint density at radius 1 is 0.947 bits per heavy atom. The third-order valence-corrected chi connectivity index (χ3v) is 4.13. The van der Waals surface area contributed by atoms with Crippen LogP contribution in [0.25, 0.3) is 0 Å². The predicted molar refractivity (Wildman–Crippen MR) is 79.3 cm³/mol. The van der Waals surface area contributed by atoms with E-state index < -0.39 is 0 Å². The first-order chi connectivity index (χ1) is 8.76. The fraction of sp³-hybridized carbons (Fsp3) is 1.00. The molecule has 0 aromatic carbocycles. The molecule has 2 N–H and O–H groups in total. The van der Waals surface area contributed by atoms with Gasteiger partial charge in [-0.1, -0.05) is 0 Å². The van der Waals surface area contributed by atoms with Crippen LogP contribution in [0.4, 0.5) is 0 Å². The van der Waals surface area contributed by atoms with Crippen LogP contribution in [0.3, 0.4) is 0 Å². The van der Waals surface area contributed by atoms with Gasteiger partial charge in [0.25, 0.3) is 0 Å². The van der Waals surface area contributed by atoms with Crippen LogP contribution in [-0.2, 0) is 4.74 Å². The van der Waals surface area contributed by atoms with Gasteiger partial charge in [-0.3, -0.25) is 4.90 Å². The number of likely N-dealkylation sites (tertiary alicyclic amines) is 1. The first kappa shape index (κ1) is 15.2. The molecule has 0 spiro atoms. The van der Waals surface area contributed by atoms with E-state index >= 15 is 0 Å². The van der Waals surface area contributed by atoms with E-state index in [1.54, 1.807) is 0 Å². The number of morpholine rings is 1. The van der Waals surface area contributed by atoms with E-state index in [-0.39, 0.29) is 11.2 Å². The van der Waals surface area contributed by atoms with E-state index in [9.17, 15) is 0 Å². The van der Waals surface area contributed by atoms with Crippen LogP contribution in [0.2, 0.25) is 0 Å². The maximum absolute atomic E-state index is 6.13. The van der Waals surface area contributed by atoms with Crippen molar-refractivity contribution in [3.05, 3.63) is 0 Å². The van der Waals surface area contributed by atoms with Gasteiger partial charge in [0.2, 0.25) is 0 Å². The monoisotopic (exact) mass is 269 g/mol. The van der Waals surface area contributed by atoms with Crippen LogP contribution in [0, 0.1) is 0 Å². The number of piperidine rings is 1. The summed E-state index contributed by atoms with van der Waals surface area (Å²) in [5.41, 5.74) is 5.88. The number of nitrogens with zero attached hydrogens (tertiary/aromatic N) is 2. The third-order valence-electron chi connectivity index (χ3n) is 4.13. The highest BCUT2D eigenvalue weighted by molar-refractivity contribution is 4.89. The molecular formula is C15H31N3O. The van der Waals surface area contributed by atoms with Crippen LogP contribution in [0.15, 0.2) is 0 Å². The normalized spacial score (nSPS) is 29.5. The predicted octanol–water partition coefficient (Wildman–Crippen LogP) is 1.30. The summed E-state index contributed by atoms with van der Waals surface area (Å²) < 4.78 is 6.13. The molecule has 0 saturated carbocycles. The number of hydrogen-bond donors (Lipinski definition) is 1. The van der Waals surface area contributed by atoms with Crippen LogP contribution in [0.5, 0.6) is 0 Å². The van der Waals surface area contributed by atoms with Crippen LogP contribution in [0.1, 0.15) is 40.5 Å². The zero-order chi connectivity index (χ0) is 14.1. The van der Waals surface area contributed by atoms with E-state index in [2.05, 4.69) is 37.5 Å². The van der Waals surface area contributed by atoms with E-state index in [0.29, 0.717) is 6.04 Å². The molecule has 2 rings (SSSR count). The lowest BCUT2D eigenvalue weighted by Crippen LogP contribution is -2.58. The Balaban J connectivity index is 1.79. The van der Waals surface area contributed by atoms with Crippen molar-refractivity contribution < 1.29 is 4.74 Å². The average molecular weight is 269 g/mol. The van der Waals surface area contributed by atoms with Gasteiger partial charge in [0.15, 0.2) is 0 Å². The molecule has 2 saturated heterocycles. The minimum atomic E-state index is -0.0357. The van der Waals surface area contributed by atoms with Crippen molar-refractivity contribution >= 4 is 0 Å². The minimum absolute atomic E-state index is 0.0357. The summed E-state index contributed by atoms with van der Waals surface area (Å²) in [5, 5.41) is 0. The standard InChI is InChI=1S/C15H31N3O/c1-14(2)11-18(12-15(3,4)19-14)10-9-17-7-5-13(16)6-8-17/h13H,5-12,16H2,1-4H3. The Morgan fingerprint density at radius 3 is 1.95 bits per heavy atom. The number of nitrogens with two attached hydrogens (primary N) is 1. The average Bonchev–Trinajstić information content (AvgIpc) is 2.24.